The average molecular weight is 341 g/mol. The molecule has 7 heteroatoms. The predicted molar refractivity (Wildman–Crippen MR) is 78.1 cm³/mol. The van der Waals surface area contributed by atoms with E-state index < -0.39 is 30.0 Å². The topological polar surface area (TPSA) is 78.5 Å². The van der Waals surface area contributed by atoms with Crippen molar-refractivity contribution in [2.24, 2.45) is 11.8 Å². The number of rotatable bonds is 4. The Balaban J connectivity index is 1.68. The van der Waals surface area contributed by atoms with E-state index in [9.17, 15) is 14.7 Å². The molecular weight excluding hydrogens is 329 g/mol. The molecule has 1 amide bonds. The minimum atomic E-state index is -1.27. The lowest BCUT2D eigenvalue weighted by Gasteiger charge is -2.25. The first-order chi connectivity index (χ1) is 10.5. The normalized spacial score (nSPS) is 28.8. The largest absolute Gasteiger partial charge is 0.550 e. The lowest BCUT2D eigenvalue weighted by Crippen LogP contribution is -2.46. The first-order valence-electron chi connectivity index (χ1n) is 6.73. The molecule has 22 heavy (non-hydrogen) atoms. The second kappa shape index (κ2) is 5.91. The molecule has 1 aromatic rings. The third kappa shape index (κ3) is 2.72. The van der Waals surface area contributed by atoms with Crippen molar-refractivity contribution in [3.05, 3.63) is 46.0 Å². The van der Waals surface area contributed by atoms with E-state index in [1.165, 1.54) is 0 Å². The lowest BCUT2D eigenvalue weighted by atomic mass is 9.82. The highest BCUT2D eigenvalue weighted by Gasteiger charge is 2.50. The molecule has 116 valence electrons. The molecular formula is C15H12Cl2NO4-. The van der Waals surface area contributed by atoms with E-state index in [1.54, 1.807) is 30.4 Å². The zero-order valence-electron chi connectivity index (χ0n) is 11.3. The van der Waals surface area contributed by atoms with Crippen LogP contribution in [0.5, 0.6) is 0 Å². The molecule has 5 nitrogen and oxygen atoms in total. The lowest BCUT2D eigenvalue weighted by molar-refractivity contribution is -0.313. The van der Waals surface area contributed by atoms with Crippen LogP contribution in [0.3, 0.4) is 0 Å². The summed E-state index contributed by atoms with van der Waals surface area (Å²) in [5.74, 6) is -3.38. The van der Waals surface area contributed by atoms with Gasteiger partial charge in [0.15, 0.2) is 0 Å². The zero-order valence-corrected chi connectivity index (χ0v) is 12.8. The van der Waals surface area contributed by atoms with Crippen molar-refractivity contribution in [3.63, 3.8) is 0 Å². The van der Waals surface area contributed by atoms with Gasteiger partial charge in [0.1, 0.15) is 0 Å². The van der Waals surface area contributed by atoms with Gasteiger partial charge in [-0.15, -0.1) is 0 Å². The Morgan fingerprint density at radius 1 is 1.14 bits per heavy atom. The maximum atomic E-state index is 12.3. The van der Waals surface area contributed by atoms with E-state index in [4.69, 9.17) is 27.9 Å². The number of hydrogen-bond donors (Lipinski definition) is 1. The van der Waals surface area contributed by atoms with Gasteiger partial charge in [0, 0.05) is 18.4 Å². The molecule has 2 aliphatic rings. The number of amides is 1. The highest BCUT2D eigenvalue weighted by molar-refractivity contribution is 6.42. The third-order valence-electron chi connectivity index (χ3n) is 3.93. The zero-order chi connectivity index (χ0) is 15.9. The molecule has 0 unspecified atom stereocenters. The molecule has 0 saturated carbocycles. The van der Waals surface area contributed by atoms with Gasteiger partial charge in [-0.2, -0.15) is 0 Å². The monoisotopic (exact) mass is 340 g/mol. The van der Waals surface area contributed by atoms with Gasteiger partial charge in [0.05, 0.1) is 28.2 Å². The highest BCUT2D eigenvalue weighted by Crippen LogP contribution is 2.39. The summed E-state index contributed by atoms with van der Waals surface area (Å²) in [6.07, 6.45) is 2.28. The Kier molecular flexibility index (Phi) is 4.12. The molecule has 2 aliphatic heterocycles. The smallest absolute Gasteiger partial charge is 0.227 e. The van der Waals surface area contributed by atoms with Gasteiger partial charge >= 0.3 is 0 Å². The Labute approximate surface area is 136 Å². The fraction of sp³-hybridized carbons (Fsp3) is 0.333. The highest BCUT2D eigenvalue weighted by atomic mass is 35.5. The van der Waals surface area contributed by atoms with Gasteiger partial charge in [0.2, 0.25) is 5.91 Å². The summed E-state index contributed by atoms with van der Waals surface area (Å²) >= 11 is 11.7. The van der Waals surface area contributed by atoms with Crippen LogP contribution in [0.1, 0.15) is 5.56 Å². The molecule has 0 radical (unpaired) electrons. The van der Waals surface area contributed by atoms with E-state index in [0.717, 1.165) is 5.56 Å². The summed E-state index contributed by atoms with van der Waals surface area (Å²) in [6, 6.07) is 5.03. The van der Waals surface area contributed by atoms with E-state index in [-0.39, 0.29) is 12.5 Å². The predicted octanol–water partition coefficient (Wildman–Crippen LogP) is 0.929. The average Bonchev–Trinajstić information content (AvgIpc) is 3.08. The quantitative estimate of drug-likeness (QED) is 0.827. The maximum absolute atomic E-state index is 12.3. The molecule has 1 N–H and O–H groups in total. The van der Waals surface area contributed by atoms with Crippen LogP contribution in [0.4, 0.5) is 0 Å². The SMILES string of the molecule is O=C(NCc1ccc(Cl)c(Cl)c1)[C@@H]1[C@@H](C(=O)[O-])[C@H]2C=C[C@@H]1O2. The molecule has 3 rings (SSSR count). The summed E-state index contributed by atoms with van der Waals surface area (Å²) in [4.78, 5) is 23.5. The van der Waals surface area contributed by atoms with Gasteiger partial charge in [-0.1, -0.05) is 41.4 Å². The van der Waals surface area contributed by atoms with Crippen molar-refractivity contribution < 1.29 is 19.4 Å². The maximum Gasteiger partial charge on any atom is 0.227 e. The number of hydrogen-bond acceptors (Lipinski definition) is 4. The second-order valence-electron chi connectivity index (χ2n) is 5.29. The molecule has 0 spiro atoms. The number of ether oxygens (including phenoxy) is 1. The molecule has 0 aliphatic carbocycles. The van der Waals surface area contributed by atoms with Crippen LogP contribution in [0.2, 0.25) is 10.0 Å². The number of halogens is 2. The van der Waals surface area contributed by atoms with Crippen LogP contribution < -0.4 is 10.4 Å². The summed E-state index contributed by atoms with van der Waals surface area (Å²) in [5.41, 5.74) is 0.771. The van der Waals surface area contributed by atoms with Crippen molar-refractivity contribution in [2.45, 2.75) is 18.8 Å². The number of carbonyl (C=O) groups is 2. The number of carboxylic acids is 1. The fourth-order valence-corrected chi connectivity index (χ4v) is 3.18. The Hall–Kier alpha value is -1.56. The van der Waals surface area contributed by atoms with Crippen LogP contribution in [0, 0.1) is 11.8 Å². The number of nitrogens with one attached hydrogen (secondary N) is 1. The van der Waals surface area contributed by atoms with Gasteiger partial charge in [-0.25, -0.2) is 0 Å². The summed E-state index contributed by atoms with van der Waals surface area (Å²) in [7, 11) is 0. The number of benzene rings is 1. The van der Waals surface area contributed by atoms with E-state index in [1.807, 2.05) is 0 Å². The van der Waals surface area contributed by atoms with Crippen molar-refractivity contribution >= 4 is 35.1 Å². The third-order valence-corrected chi connectivity index (χ3v) is 4.66. The molecule has 1 aromatic carbocycles. The van der Waals surface area contributed by atoms with Crippen LogP contribution in [-0.4, -0.2) is 24.1 Å². The van der Waals surface area contributed by atoms with Crippen LogP contribution in [-0.2, 0) is 20.9 Å². The summed E-state index contributed by atoms with van der Waals surface area (Å²) in [5, 5.41) is 14.8. The molecule has 0 aromatic heterocycles. The Morgan fingerprint density at radius 2 is 1.82 bits per heavy atom. The van der Waals surface area contributed by atoms with Crippen LogP contribution >= 0.6 is 23.2 Å². The number of fused-ring (bicyclic) bond motifs is 2. The molecule has 2 bridgehead atoms. The first kappa shape index (κ1) is 15.3. The molecule has 4 atom stereocenters. The number of carbonyl (C=O) groups excluding carboxylic acids is 2. The van der Waals surface area contributed by atoms with Crippen molar-refractivity contribution in [1.82, 2.24) is 5.32 Å². The fourth-order valence-electron chi connectivity index (χ4n) is 2.86. The Morgan fingerprint density at radius 3 is 2.45 bits per heavy atom. The summed E-state index contributed by atoms with van der Waals surface area (Å²) < 4.78 is 5.44. The number of aliphatic carboxylic acids is 1. The van der Waals surface area contributed by atoms with Crippen LogP contribution in [0.25, 0.3) is 0 Å². The van der Waals surface area contributed by atoms with Crippen molar-refractivity contribution in [3.8, 4) is 0 Å². The van der Waals surface area contributed by atoms with Crippen LogP contribution in [0.15, 0.2) is 30.4 Å². The molecule has 1 saturated heterocycles. The molecule has 1 fully saturated rings. The Bertz CT molecular complexity index is 661. The minimum Gasteiger partial charge on any atom is -0.550 e. The second-order valence-corrected chi connectivity index (χ2v) is 6.10. The van der Waals surface area contributed by atoms with E-state index in [2.05, 4.69) is 5.32 Å². The molecule has 2 heterocycles. The summed E-state index contributed by atoms with van der Waals surface area (Å²) in [6.45, 7) is 0.229. The van der Waals surface area contributed by atoms with Gasteiger partial charge < -0.3 is 20.0 Å². The van der Waals surface area contributed by atoms with Crippen molar-refractivity contribution in [2.75, 3.05) is 0 Å². The van der Waals surface area contributed by atoms with Gasteiger partial charge in [-0.05, 0) is 17.7 Å². The first-order valence-corrected chi connectivity index (χ1v) is 7.49. The van der Waals surface area contributed by atoms with E-state index in [0.29, 0.717) is 10.0 Å². The van der Waals surface area contributed by atoms with Gasteiger partial charge in [-0.3, -0.25) is 4.79 Å². The van der Waals surface area contributed by atoms with Gasteiger partial charge in [0.25, 0.3) is 0 Å². The standard InChI is InChI=1S/C15H13Cl2NO4/c16-8-2-1-7(5-9(8)17)6-18-14(19)12-10-3-4-11(22-10)13(12)15(20)21/h1-5,10-13H,6H2,(H,18,19)(H,20,21)/p-1/t10-,11+,12-,13-/m0/s1. The van der Waals surface area contributed by atoms with E-state index >= 15 is 0 Å². The number of carboxylic acid groups (broad SMARTS) is 1. The minimum absolute atomic E-state index is 0.229. The van der Waals surface area contributed by atoms with Crippen molar-refractivity contribution in [1.29, 1.82) is 0 Å².